The number of hydrogen-bond acceptors (Lipinski definition) is 6. The molecule has 4 nitrogen and oxygen atoms in total. The number of ether oxygens (including phenoxy) is 1. The summed E-state index contributed by atoms with van der Waals surface area (Å²) in [5.41, 5.74) is 0.346. The highest BCUT2D eigenvalue weighted by atomic mass is 32.2. The molecule has 20 heavy (non-hydrogen) atoms. The van der Waals surface area contributed by atoms with Crippen LogP contribution in [0.5, 0.6) is 0 Å². The van der Waals surface area contributed by atoms with Gasteiger partial charge >= 0.3 is 7.60 Å². The average molecular weight is 336 g/mol. The maximum Gasteiger partial charge on any atom is 0.394 e. The van der Waals surface area contributed by atoms with Crippen molar-refractivity contribution >= 4 is 31.1 Å². The van der Waals surface area contributed by atoms with E-state index in [0.717, 1.165) is 17.9 Å². The monoisotopic (exact) mass is 336 g/mol. The maximum absolute atomic E-state index is 12.6. The van der Waals surface area contributed by atoms with Crippen LogP contribution >= 0.6 is 31.1 Å². The second-order valence-electron chi connectivity index (χ2n) is 4.60. The Balaban J connectivity index is 2.32. The third-order valence-corrected chi connectivity index (χ3v) is 8.04. The molecular weight excluding hydrogens is 315 g/mol. The van der Waals surface area contributed by atoms with Crippen LogP contribution in [0.1, 0.15) is 19.8 Å². The maximum atomic E-state index is 12.6. The zero-order chi connectivity index (χ0) is 14.6. The molecule has 0 aromatic heterocycles. The highest BCUT2D eigenvalue weighted by Gasteiger charge is 2.46. The van der Waals surface area contributed by atoms with E-state index in [0.29, 0.717) is 5.50 Å². The Morgan fingerprint density at radius 1 is 1.40 bits per heavy atom. The number of hydrogen-bond donors (Lipinski definition) is 0. The van der Waals surface area contributed by atoms with Gasteiger partial charge in [0.15, 0.2) is 0 Å². The summed E-state index contributed by atoms with van der Waals surface area (Å²) in [7, 11) is -0.551. The molecule has 0 N–H and O–H groups in total. The van der Waals surface area contributed by atoms with Gasteiger partial charge in [-0.2, -0.15) is 0 Å². The van der Waals surface area contributed by atoms with Crippen molar-refractivity contribution in [1.29, 1.82) is 0 Å². The lowest BCUT2D eigenvalue weighted by Crippen LogP contribution is -2.33. The van der Waals surface area contributed by atoms with E-state index in [9.17, 15) is 4.57 Å². The molecule has 2 rings (SSSR count). The highest BCUT2D eigenvalue weighted by Crippen LogP contribution is 2.62. The number of allylic oxidation sites excluding steroid dienone is 3. The van der Waals surface area contributed by atoms with Gasteiger partial charge in [0.1, 0.15) is 0 Å². The molecule has 114 valence electrons. The van der Waals surface area contributed by atoms with Crippen molar-refractivity contribution < 1.29 is 18.3 Å². The molecule has 0 bridgehead atoms. The van der Waals surface area contributed by atoms with Crippen molar-refractivity contribution in [2.45, 2.75) is 24.0 Å². The van der Waals surface area contributed by atoms with E-state index in [1.165, 1.54) is 20.6 Å². The molecular formula is C13H21O4PS2. The van der Waals surface area contributed by atoms with Gasteiger partial charge in [0.2, 0.25) is 9.77 Å². The SMILES string of the molecule is C/C=C\C1C=C(P(=O)(OC)OC)OC2(C1)SCCCS2. The quantitative estimate of drug-likeness (QED) is 0.558. The summed E-state index contributed by atoms with van der Waals surface area (Å²) in [4.78, 5) is 0. The molecule has 1 atom stereocenters. The molecule has 0 aromatic rings. The van der Waals surface area contributed by atoms with Crippen molar-refractivity contribution in [3.8, 4) is 0 Å². The van der Waals surface area contributed by atoms with Gasteiger partial charge in [-0.05, 0) is 30.9 Å². The molecule has 1 saturated heterocycles. The van der Waals surface area contributed by atoms with Crippen molar-refractivity contribution in [1.82, 2.24) is 0 Å². The first kappa shape index (κ1) is 16.5. The summed E-state index contributed by atoms with van der Waals surface area (Å²) in [5.74, 6) is 2.32. The van der Waals surface area contributed by atoms with Crippen molar-refractivity contribution in [2.75, 3.05) is 25.7 Å². The zero-order valence-corrected chi connectivity index (χ0v) is 14.6. The Bertz CT molecular complexity index is 436. The summed E-state index contributed by atoms with van der Waals surface area (Å²) in [6.45, 7) is 1.99. The summed E-state index contributed by atoms with van der Waals surface area (Å²) in [5, 5.41) is 0. The van der Waals surface area contributed by atoms with Gasteiger partial charge in [0.25, 0.3) is 0 Å². The van der Waals surface area contributed by atoms with Gasteiger partial charge in [-0.1, -0.05) is 12.2 Å². The lowest BCUT2D eigenvalue weighted by Gasteiger charge is -2.41. The van der Waals surface area contributed by atoms with E-state index < -0.39 is 7.60 Å². The van der Waals surface area contributed by atoms with Gasteiger partial charge in [-0.15, -0.1) is 23.5 Å². The first-order valence-corrected chi connectivity index (χ1v) is 10.1. The fraction of sp³-hybridized carbons (Fsp3) is 0.692. The van der Waals surface area contributed by atoms with Gasteiger partial charge in [0.05, 0.1) is 0 Å². The van der Waals surface area contributed by atoms with Crippen LogP contribution in [0.15, 0.2) is 23.7 Å². The molecule has 7 heteroatoms. The van der Waals surface area contributed by atoms with E-state index >= 15 is 0 Å². The van der Waals surface area contributed by atoms with E-state index in [4.69, 9.17) is 13.8 Å². The normalized spacial score (nSPS) is 26.6. The Kier molecular flexibility index (Phi) is 5.71. The standard InChI is InChI=1S/C13H21O4PS2/c1-4-6-11-9-12(18(14,15-2)16-3)17-13(10-11)19-7-5-8-20-13/h4,6,9,11H,5,7-8,10H2,1-3H3/b6-4-. The third kappa shape index (κ3) is 3.47. The molecule has 1 spiro atoms. The van der Waals surface area contributed by atoms with Crippen LogP contribution < -0.4 is 0 Å². The lowest BCUT2D eigenvalue weighted by atomic mass is 10.0. The van der Waals surface area contributed by atoms with Crippen LogP contribution in [-0.4, -0.2) is 30.0 Å². The Morgan fingerprint density at radius 3 is 2.60 bits per heavy atom. The van der Waals surface area contributed by atoms with Gasteiger partial charge in [0, 0.05) is 26.6 Å². The molecule has 1 fully saturated rings. The fourth-order valence-corrected chi connectivity index (χ4v) is 6.68. The van der Waals surface area contributed by atoms with Crippen LogP contribution in [0.4, 0.5) is 0 Å². The zero-order valence-electron chi connectivity index (χ0n) is 12.0. The van der Waals surface area contributed by atoms with E-state index in [2.05, 4.69) is 6.08 Å². The third-order valence-electron chi connectivity index (χ3n) is 3.23. The van der Waals surface area contributed by atoms with Crippen LogP contribution in [-0.2, 0) is 18.3 Å². The van der Waals surface area contributed by atoms with Crippen LogP contribution in [0.3, 0.4) is 0 Å². The predicted octanol–water partition coefficient (Wildman–Crippen LogP) is 4.45. The number of rotatable bonds is 4. The minimum Gasteiger partial charge on any atom is -0.459 e. The molecule has 2 heterocycles. The van der Waals surface area contributed by atoms with Crippen LogP contribution in [0.2, 0.25) is 0 Å². The summed E-state index contributed by atoms with van der Waals surface area (Å²) >= 11 is 3.58. The molecule has 2 aliphatic heterocycles. The van der Waals surface area contributed by atoms with Crippen LogP contribution in [0, 0.1) is 5.92 Å². The molecule has 2 aliphatic rings. The first-order valence-electron chi connectivity index (χ1n) is 6.61. The fourth-order valence-electron chi connectivity index (χ4n) is 2.27. The molecule has 0 aliphatic carbocycles. The van der Waals surface area contributed by atoms with E-state index in [-0.39, 0.29) is 10.2 Å². The Hall–Kier alpha value is 0.130. The second kappa shape index (κ2) is 6.93. The molecule has 0 radical (unpaired) electrons. The van der Waals surface area contributed by atoms with E-state index in [1.807, 2.05) is 19.1 Å². The number of thioether (sulfide) groups is 2. The van der Waals surface area contributed by atoms with Gasteiger partial charge in [-0.3, -0.25) is 4.57 Å². The van der Waals surface area contributed by atoms with E-state index in [1.54, 1.807) is 23.5 Å². The second-order valence-corrected chi connectivity index (χ2v) is 9.73. The summed E-state index contributed by atoms with van der Waals surface area (Å²) in [6.07, 6.45) is 8.05. The highest BCUT2D eigenvalue weighted by molar-refractivity contribution is 8.18. The van der Waals surface area contributed by atoms with Crippen molar-refractivity contribution in [2.24, 2.45) is 5.92 Å². The first-order chi connectivity index (χ1) is 9.57. The van der Waals surface area contributed by atoms with Crippen LogP contribution in [0.25, 0.3) is 0 Å². The minimum atomic E-state index is -3.33. The topological polar surface area (TPSA) is 44.8 Å². The summed E-state index contributed by atoms with van der Waals surface area (Å²) < 4.78 is 28.5. The Labute approximate surface area is 129 Å². The molecule has 0 amide bonds. The smallest absolute Gasteiger partial charge is 0.394 e. The molecule has 0 aromatic carbocycles. The Morgan fingerprint density at radius 2 is 2.05 bits per heavy atom. The largest absolute Gasteiger partial charge is 0.459 e. The average Bonchev–Trinajstić information content (AvgIpc) is 2.47. The molecule has 0 saturated carbocycles. The van der Waals surface area contributed by atoms with Gasteiger partial charge in [-0.25, -0.2) is 0 Å². The minimum absolute atomic E-state index is 0.195. The lowest BCUT2D eigenvalue weighted by molar-refractivity contribution is 0.128. The van der Waals surface area contributed by atoms with Crippen molar-refractivity contribution in [3.63, 3.8) is 0 Å². The summed E-state index contributed by atoms with van der Waals surface area (Å²) in [6, 6.07) is 0. The van der Waals surface area contributed by atoms with Crippen molar-refractivity contribution in [3.05, 3.63) is 23.7 Å². The van der Waals surface area contributed by atoms with Gasteiger partial charge < -0.3 is 13.8 Å². The molecule has 1 unspecified atom stereocenters. The predicted molar refractivity (Wildman–Crippen MR) is 86.0 cm³/mol.